The van der Waals surface area contributed by atoms with E-state index in [0.717, 1.165) is 19.5 Å². The van der Waals surface area contributed by atoms with Crippen LogP contribution in [-0.4, -0.2) is 36.6 Å². The molecule has 3 nitrogen and oxygen atoms in total. The minimum atomic E-state index is -0.427. The number of likely N-dealkylation sites (tertiary alicyclic amines) is 1. The molecule has 0 aromatic rings. The van der Waals surface area contributed by atoms with Crippen LogP contribution in [0.1, 0.15) is 40.0 Å². The molecular formula is C12H23NO2. The van der Waals surface area contributed by atoms with Crippen molar-refractivity contribution in [1.82, 2.24) is 4.90 Å². The summed E-state index contributed by atoms with van der Waals surface area (Å²) in [5, 5.41) is 0. The van der Waals surface area contributed by atoms with Gasteiger partial charge >= 0.3 is 5.97 Å². The standard InChI is InChI=1S/C12H23NO2/c1-5-12(3,11(14)15-4)13-8-6-7-10(2)9-13/h10H,5-9H2,1-4H3/t10-,12+/m1/s1. The van der Waals surface area contributed by atoms with Crippen molar-refractivity contribution < 1.29 is 9.53 Å². The van der Waals surface area contributed by atoms with Gasteiger partial charge in [0, 0.05) is 6.54 Å². The zero-order valence-electron chi connectivity index (χ0n) is 10.4. The van der Waals surface area contributed by atoms with Crippen molar-refractivity contribution in [1.29, 1.82) is 0 Å². The highest BCUT2D eigenvalue weighted by atomic mass is 16.5. The molecule has 0 radical (unpaired) electrons. The van der Waals surface area contributed by atoms with Gasteiger partial charge in [-0.25, -0.2) is 0 Å². The number of hydrogen-bond donors (Lipinski definition) is 0. The van der Waals surface area contributed by atoms with E-state index < -0.39 is 5.54 Å². The molecule has 0 amide bonds. The molecule has 1 saturated heterocycles. The van der Waals surface area contributed by atoms with Crippen molar-refractivity contribution >= 4 is 5.97 Å². The third-order valence-corrected chi connectivity index (χ3v) is 3.67. The molecule has 2 atom stereocenters. The fraction of sp³-hybridized carbons (Fsp3) is 0.917. The number of piperidine rings is 1. The molecule has 1 heterocycles. The number of ether oxygens (including phenoxy) is 1. The predicted molar refractivity (Wildman–Crippen MR) is 60.7 cm³/mol. The lowest BCUT2D eigenvalue weighted by Crippen LogP contribution is -2.55. The van der Waals surface area contributed by atoms with Gasteiger partial charge in [0.1, 0.15) is 5.54 Å². The lowest BCUT2D eigenvalue weighted by molar-refractivity contribution is -0.156. The first kappa shape index (κ1) is 12.5. The number of rotatable bonds is 3. The molecule has 0 aromatic carbocycles. The van der Waals surface area contributed by atoms with Gasteiger partial charge in [0.15, 0.2) is 0 Å². The summed E-state index contributed by atoms with van der Waals surface area (Å²) in [6.45, 7) is 8.33. The Morgan fingerprint density at radius 2 is 2.27 bits per heavy atom. The van der Waals surface area contributed by atoms with Crippen LogP contribution in [0.3, 0.4) is 0 Å². The Kier molecular flexibility index (Phi) is 4.14. The number of carbonyl (C=O) groups is 1. The summed E-state index contributed by atoms with van der Waals surface area (Å²) >= 11 is 0. The summed E-state index contributed by atoms with van der Waals surface area (Å²) in [5.74, 6) is 0.591. The van der Waals surface area contributed by atoms with E-state index in [1.54, 1.807) is 0 Å². The molecule has 1 rings (SSSR count). The van der Waals surface area contributed by atoms with E-state index in [0.29, 0.717) is 5.92 Å². The molecule has 1 aliphatic heterocycles. The average Bonchev–Trinajstić information content (AvgIpc) is 2.26. The largest absolute Gasteiger partial charge is 0.468 e. The second kappa shape index (κ2) is 4.97. The summed E-state index contributed by atoms with van der Waals surface area (Å²) in [6, 6.07) is 0. The third kappa shape index (κ3) is 2.51. The van der Waals surface area contributed by atoms with Crippen LogP contribution in [0.25, 0.3) is 0 Å². The molecule has 0 bridgehead atoms. The summed E-state index contributed by atoms with van der Waals surface area (Å²) in [5.41, 5.74) is -0.427. The lowest BCUT2D eigenvalue weighted by Gasteiger charge is -2.42. The second-order valence-corrected chi connectivity index (χ2v) is 4.81. The van der Waals surface area contributed by atoms with Crippen LogP contribution in [0.2, 0.25) is 0 Å². The highest BCUT2D eigenvalue weighted by Gasteiger charge is 2.40. The Morgan fingerprint density at radius 3 is 2.73 bits per heavy atom. The Balaban J connectivity index is 2.75. The molecule has 0 saturated carbocycles. The van der Waals surface area contributed by atoms with Crippen LogP contribution in [-0.2, 0) is 9.53 Å². The minimum absolute atomic E-state index is 0.0981. The van der Waals surface area contributed by atoms with E-state index >= 15 is 0 Å². The molecule has 1 fully saturated rings. The van der Waals surface area contributed by atoms with Crippen molar-refractivity contribution in [2.45, 2.75) is 45.6 Å². The van der Waals surface area contributed by atoms with Gasteiger partial charge in [0.2, 0.25) is 0 Å². The van der Waals surface area contributed by atoms with Gasteiger partial charge in [0.05, 0.1) is 7.11 Å². The van der Waals surface area contributed by atoms with Crippen LogP contribution >= 0.6 is 0 Å². The van der Waals surface area contributed by atoms with Crippen molar-refractivity contribution in [2.24, 2.45) is 5.92 Å². The summed E-state index contributed by atoms with van der Waals surface area (Å²) < 4.78 is 4.91. The van der Waals surface area contributed by atoms with E-state index in [2.05, 4.69) is 18.7 Å². The maximum atomic E-state index is 11.8. The normalized spacial score (nSPS) is 27.1. The number of hydrogen-bond acceptors (Lipinski definition) is 3. The molecule has 1 aliphatic rings. The van der Waals surface area contributed by atoms with E-state index in [9.17, 15) is 4.79 Å². The maximum absolute atomic E-state index is 11.8. The van der Waals surface area contributed by atoms with Crippen LogP contribution in [0.15, 0.2) is 0 Å². The number of carbonyl (C=O) groups excluding carboxylic acids is 1. The van der Waals surface area contributed by atoms with Gasteiger partial charge in [0.25, 0.3) is 0 Å². The summed E-state index contributed by atoms with van der Waals surface area (Å²) in [7, 11) is 1.48. The second-order valence-electron chi connectivity index (χ2n) is 4.81. The quantitative estimate of drug-likeness (QED) is 0.672. The molecular weight excluding hydrogens is 190 g/mol. The van der Waals surface area contributed by atoms with Crippen molar-refractivity contribution in [3.63, 3.8) is 0 Å². The predicted octanol–water partition coefficient (Wildman–Crippen LogP) is 2.06. The van der Waals surface area contributed by atoms with Gasteiger partial charge in [-0.15, -0.1) is 0 Å². The molecule has 0 spiro atoms. The SMILES string of the molecule is CC[C@@](C)(C(=O)OC)N1CCC[C@@H](C)C1. The highest BCUT2D eigenvalue weighted by molar-refractivity contribution is 5.80. The average molecular weight is 213 g/mol. The molecule has 88 valence electrons. The van der Waals surface area contributed by atoms with E-state index in [4.69, 9.17) is 4.74 Å². The fourth-order valence-corrected chi connectivity index (χ4v) is 2.35. The number of esters is 1. The number of methoxy groups -OCH3 is 1. The van der Waals surface area contributed by atoms with E-state index in [1.165, 1.54) is 20.0 Å². The lowest BCUT2D eigenvalue weighted by atomic mass is 9.90. The summed E-state index contributed by atoms with van der Waals surface area (Å²) in [4.78, 5) is 14.1. The Morgan fingerprint density at radius 1 is 1.60 bits per heavy atom. The third-order valence-electron chi connectivity index (χ3n) is 3.67. The first-order chi connectivity index (χ1) is 7.04. The van der Waals surface area contributed by atoms with Gasteiger partial charge < -0.3 is 4.74 Å². The Labute approximate surface area is 92.8 Å². The summed E-state index contributed by atoms with van der Waals surface area (Å²) in [6.07, 6.45) is 3.28. The maximum Gasteiger partial charge on any atom is 0.325 e. The van der Waals surface area contributed by atoms with Gasteiger partial charge in [-0.2, -0.15) is 0 Å². The van der Waals surface area contributed by atoms with Gasteiger partial charge in [-0.1, -0.05) is 13.8 Å². The molecule has 0 N–H and O–H groups in total. The number of nitrogens with zero attached hydrogens (tertiary/aromatic N) is 1. The first-order valence-electron chi connectivity index (χ1n) is 5.88. The van der Waals surface area contributed by atoms with Crippen LogP contribution in [0.5, 0.6) is 0 Å². The monoisotopic (exact) mass is 213 g/mol. The zero-order valence-corrected chi connectivity index (χ0v) is 10.4. The molecule has 15 heavy (non-hydrogen) atoms. The van der Waals surface area contributed by atoms with Crippen molar-refractivity contribution in [3.8, 4) is 0 Å². The Hall–Kier alpha value is -0.570. The smallest absolute Gasteiger partial charge is 0.325 e. The Bertz CT molecular complexity index is 230. The topological polar surface area (TPSA) is 29.5 Å². The van der Waals surface area contributed by atoms with Crippen LogP contribution in [0.4, 0.5) is 0 Å². The fourth-order valence-electron chi connectivity index (χ4n) is 2.35. The molecule has 3 heteroatoms. The minimum Gasteiger partial charge on any atom is -0.468 e. The van der Waals surface area contributed by atoms with Crippen LogP contribution in [0, 0.1) is 5.92 Å². The van der Waals surface area contributed by atoms with Gasteiger partial charge in [-0.3, -0.25) is 9.69 Å². The molecule has 0 unspecified atom stereocenters. The van der Waals surface area contributed by atoms with E-state index in [1.807, 2.05) is 6.92 Å². The molecule has 0 aromatic heterocycles. The zero-order chi connectivity index (χ0) is 11.5. The van der Waals surface area contributed by atoms with E-state index in [-0.39, 0.29) is 5.97 Å². The van der Waals surface area contributed by atoms with Crippen LogP contribution < -0.4 is 0 Å². The van der Waals surface area contributed by atoms with Crippen molar-refractivity contribution in [3.05, 3.63) is 0 Å². The first-order valence-corrected chi connectivity index (χ1v) is 5.88. The van der Waals surface area contributed by atoms with Crippen molar-refractivity contribution in [2.75, 3.05) is 20.2 Å². The molecule has 0 aliphatic carbocycles. The van der Waals surface area contributed by atoms with Gasteiger partial charge in [-0.05, 0) is 38.6 Å². The highest BCUT2D eigenvalue weighted by Crippen LogP contribution is 2.27.